The predicted octanol–water partition coefficient (Wildman–Crippen LogP) is 1.79. The number of likely N-dealkylation sites (N-methyl/N-ethyl adjacent to an activating group) is 1. The van der Waals surface area contributed by atoms with E-state index >= 15 is 0 Å². The summed E-state index contributed by atoms with van der Waals surface area (Å²) in [7, 11) is 1.91. The number of carboxylic acid groups (broad SMARTS) is 1. The number of aliphatic carboxylic acids is 1. The van der Waals surface area contributed by atoms with Gasteiger partial charge in [-0.3, -0.25) is 4.79 Å². The third-order valence-corrected chi connectivity index (χ3v) is 3.00. The lowest BCUT2D eigenvalue weighted by Crippen LogP contribution is -2.15. The number of phenols is 1. The zero-order chi connectivity index (χ0) is 12.6. The SMILES string of the molecule is [2H]c1cc2c(cc1O)N(C)CC2CCC(=O)O. The Balaban J connectivity index is 2.27. The Kier molecular flexibility index (Phi) is 2.40. The number of nitrogens with zero attached hydrogens (tertiary/aromatic N) is 1. The van der Waals surface area contributed by atoms with Gasteiger partial charge in [0.05, 0.1) is 1.37 Å². The lowest BCUT2D eigenvalue weighted by Gasteiger charge is -2.12. The van der Waals surface area contributed by atoms with Gasteiger partial charge in [0.15, 0.2) is 0 Å². The Labute approximate surface area is 95.5 Å². The molecule has 0 spiro atoms. The molecule has 1 atom stereocenters. The topological polar surface area (TPSA) is 60.8 Å². The lowest BCUT2D eigenvalue weighted by atomic mass is 9.96. The molecule has 0 saturated carbocycles. The second-order valence-electron chi connectivity index (χ2n) is 4.17. The van der Waals surface area contributed by atoms with Gasteiger partial charge in [-0.1, -0.05) is 6.07 Å². The first-order valence-corrected chi connectivity index (χ1v) is 5.25. The van der Waals surface area contributed by atoms with Gasteiger partial charge in [-0.2, -0.15) is 0 Å². The molecule has 16 heavy (non-hydrogen) atoms. The van der Waals surface area contributed by atoms with Crippen molar-refractivity contribution >= 4 is 11.7 Å². The summed E-state index contributed by atoms with van der Waals surface area (Å²) in [4.78, 5) is 12.6. The van der Waals surface area contributed by atoms with Crippen LogP contribution in [0.4, 0.5) is 5.69 Å². The van der Waals surface area contributed by atoms with E-state index in [1.165, 1.54) is 0 Å². The number of hydrogen-bond donors (Lipinski definition) is 2. The van der Waals surface area contributed by atoms with Crippen molar-refractivity contribution < 1.29 is 16.4 Å². The summed E-state index contributed by atoms with van der Waals surface area (Å²) in [6.07, 6.45) is 0.697. The molecule has 0 aromatic heterocycles. The van der Waals surface area contributed by atoms with Crippen LogP contribution >= 0.6 is 0 Å². The number of aromatic hydroxyl groups is 1. The molecule has 1 aromatic carbocycles. The van der Waals surface area contributed by atoms with E-state index in [1.807, 2.05) is 11.9 Å². The smallest absolute Gasteiger partial charge is 0.303 e. The van der Waals surface area contributed by atoms with Crippen molar-refractivity contribution in [3.63, 3.8) is 0 Å². The molecule has 2 rings (SSSR count). The van der Waals surface area contributed by atoms with Gasteiger partial charge < -0.3 is 15.1 Å². The molecule has 2 N–H and O–H groups in total. The van der Waals surface area contributed by atoms with Crippen LogP contribution in [0.25, 0.3) is 0 Å². The summed E-state index contributed by atoms with van der Waals surface area (Å²) in [5, 5.41) is 18.2. The summed E-state index contributed by atoms with van der Waals surface area (Å²) in [6, 6.07) is 3.32. The first kappa shape index (κ1) is 9.51. The largest absolute Gasteiger partial charge is 0.508 e. The molecule has 1 unspecified atom stereocenters. The van der Waals surface area contributed by atoms with E-state index < -0.39 is 5.97 Å². The van der Waals surface area contributed by atoms with Crippen LogP contribution in [0.3, 0.4) is 0 Å². The van der Waals surface area contributed by atoms with Crippen LogP contribution in [-0.4, -0.2) is 29.8 Å². The van der Waals surface area contributed by atoms with Crippen LogP contribution in [0.1, 0.15) is 25.7 Å². The minimum atomic E-state index is -0.800. The average Bonchev–Trinajstić information content (AvgIpc) is 2.54. The minimum Gasteiger partial charge on any atom is -0.508 e. The second-order valence-corrected chi connectivity index (χ2v) is 4.17. The van der Waals surface area contributed by atoms with Gasteiger partial charge in [0, 0.05) is 37.7 Å². The molecule has 86 valence electrons. The van der Waals surface area contributed by atoms with Gasteiger partial charge in [-0.05, 0) is 18.0 Å². The molecular formula is C12H15NO3. The first-order chi connectivity index (χ1) is 7.99. The maximum atomic E-state index is 10.6. The van der Waals surface area contributed by atoms with Crippen LogP contribution in [-0.2, 0) is 4.79 Å². The summed E-state index contributed by atoms with van der Waals surface area (Å²) in [5.74, 6) is -0.698. The first-order valence-electron chi connectivity index (χ1n) is 5.75. The highest BCUT2D eigenvalue weighted by Crippen LogP contribution is 2.39. The molecule has 0 bridgehead atoms. The summed E-state index contributed by atoms with van der Waals surface area (Å²) < 4.78 is 7.58. The third-order valence-electron chi connectivity index (χ3n) is 3.00. The maximum Gasteiger partial charge on any atom is 0.303 e. The molecule has 0 amide bonds. The Bertz CT molecular complexity index is 461. The van der Waals surface area contributed by atoms with Crippen molar-refractivity contribution in [1.29, 1.82) is 0 Å². The van der Waals surface area contributed by atoms with E-state index in [0.717, 1.165) is 17.8 Å². The van der Waals surface area contributed by atoms with Gasteiger partial charge in [-0.15, -0.1) is 0 Å². The van der Waals surface area contributed by atoms with Crippen molar-refractivity contribution in [3.8, 4) is 5.75 Å². The van der Waals surface area contributed by atoms with Crippen LogP contribution in [0.15, 0.2) is 18.2 Å². The molecule has 4 nitrogen and oxygen atoms in total. The number of carboxylic acids is 1. The van der Waals surface area contributed by atoms with Crippen molar-refractivity contribution in [3.05, 3.63) is 23.7 Å². The van der Waals surface area contributed by atoms with Crippen molar-refractivity contribution in [2.75, 3.05) is 18.5 Å². The van der Waals surface area contributed by atoms with Crippen molar-refractivity contribution in [2.45, 2.75) is 18.8 Å². The van der Waals surface area contributed by atoms with Gasteiger partial charge in [0.25, 0.3) is 0 Å². The fraction of sp³-hybridized carbons (Fsp3) is 0.417. The molecule has 0 radical (unpaired) electrons. The van der Waals surface area contributed by atoms with Gasteiger partial charge >= 0.3 is 5.97 Å². The molecule has 1 heterocycles. The van der Waals surface area contributed by atoms with Gasteiger partial charge in [0.2, 0.25) is 0 Å². The molecule has 4 heteroatoms. The summed E-state index contributed by atoms with van der Waals surface area (Å²) in [6.45, 7) is 0.742. The Morgan fingerprint density at radius 2 is 2.50 bits per heavy atom. The fourth-order valence-corrected chi connectivity index (χ4v) is 2.21. The molecule has 0 saturated heterocycles. The monoisotopic (exact) mass is 222 g/mol. The predicted molar refractivity (Wildman–Crippen MR) is 61.0 cm³/mol. The Morgan fingerprint density at radius 3 is 3.19 bits per heavy atom. The average molecular weight is 222 g/mol. The number of phenolic OH excluding ortho intramolecular Hbond substituents is 1. The van der Waals surface area contributed by atoms with Gasteiger partial charge in [0.1, 0.15) is 5.75 Å². The van der Waals surface area contributed by atoms with E-state index in [9.17, 15) is 9.90 Å². The maximum absolute atomic E-state index is 10.6. The molecule has 0 fully saturated rings. The van der Waals surface area contributed by atoms with Crippen molar-refractivity contribution in [1.82, 2.24) is 0 Å². The van der Waals surface area contributed by atoms with E-state index in [0.29, 0.717) is 6.42 Å². The Morgan fingerprint density at radius 1 is 1.75 bits per heavy atom. The lowest BCUT2D eigenvalue weighted by molar-refractivity contribution is -0.137. The number of carbonyl (C=O) groups is 1. The number of hydrogen-bond acceptors (Lipinski definition) is 3. The van der Waals surface area contributed by atoms with E-state index in [-0.39, 0.29) is 24.1 Å². The molecular weight excluding hydrogens is 206 g/mol. The number of benzene rings is 1. The number of fused-ring (bicyclic) bond motifs is 1. The molecule has 1 aromatic rings. The van der Waals surface area contributed by atoms with Crippen molar-refractivity contribution in [2.24, 2.45) is 0 Å². The second kappa shape index (κ2) is 4.04. The quantitative estimate of drug-likeness (QED) is 0.818. The molecule has 0 aliphatic carbocycles. The van der Waals surface area contributed by atoms with E-state index in [4.69, 9.17) is 6.48 Å². The normalized spacial score (nSPS) is 19.4. The molecule has 1 aliphatic heterocycles. The van der Waals surface area contributed by atoms with Gasteiger partial charge in [-0.25, -0.2) is 0 Å². The third kappa shape index (κ3) is 1.96. The fourth-order valence-electron chi connectivity index (χ4n) is 2.21. The van der Waals surface area contributed by atoms with E-state index in [2.05, 4.69) is 0 Å². The summed E-state index contributed by atoms with van der Waals surface area (Å²) in [5.41, 5.74) is 1.87. The van der Waals surface area contributed by atoms with Crippen LogP contribution in [0.2, 0.25) is 0 Å². The van der Waals surface area contributed by atoms with Crippen LogP contribution in [0.5, 0.6) is 5.75 Å². The highest BCUT2D eigenvalue weighted by atomic mass is 16.4. The van der Waals surface area contributed by atoms with Crippen LogP contribution in [0, 0.1) is 0 Å². The minimum absolute atomic E-state index is 0.0329. The zero-order valence-corrected chi connectivity index (χ0v) is 9.10. The number of anilines is 1. The standard InChI is InChI=1S/C12H15NO3/c1-13-7-8(2-5-12(15)16)10-4-3-9(14)6-11(10)13/h3-4,6,8,14H,2,5,7H2,1H3,(H,15,16)/i3D. The van der Waals surface area contributed by atoms with Crippen LogP contribution < -0.4 is 4.90 Å². The van der Waals surface area contributed by atoms with E-state index in [1.54, 1.807) is 12.1 Å². The highest BCUT2D eigenvalue weighted by Gasteiger charge is 2.26. The number of rotatable bonds is 3. The Hall–Kier alpha value is -1.71. The zero-order valence-electron chi connectivity index (χ0n) is 10.1. The highest BCUT2D eigenvalue weighted by molar-refractivity contribution is 5.67. The summed E-state index contributed by atoms with van der Waals surface area (Å²) >= 11 is 0. The molecule has 1 aliphatic rings.